The summed E-state index contributed by atoms with van der Waals surface area (Å²) in [4.78, 5) is 13.8. The van der Waals surface area contributed by atoms with Crippen molar-refractivity contribution in [3.63, 3.8) is 0 Å². The number of hydrogen-bond acceptors (Lipinski definition) is 8. The number of benzene rings is 2. The van der Waals surface area contributed by atoms with Gasteiger partial charge in [-0.05, 0) is 48.7 Å². The highest BCUT2D eigenvalue weighted by Crippen LogP contribution is 2.40. The lowest BCUT2D eigenvalue weighted by Gasteiger charge is -2.37. The van der Waals surface area contributed by atoms with Crippen molar-refractivity contribution in [2.45, 2.75) is 32.6 Å². The summed E-state index contributed by atoms with van der Waals surface area (Å²) in [6.45, 7) is 11.0. The quantitative estimate of drug-likeness (QED) is 0.300. The third-order valence-corrected chi connectivity index (χ3v) is 7.44. The number of aliphatic hydroxyl groups excluding tert-OH is 1. The van der Waals surface area contributed by atoms with Gasteiger partial charge in [-0.1, -0.05) is 31.2 Å². The summed E-state index contributed by atoms with van der Waals surface area (Å²) in [5.41, 5.74) is 4.67. The van der Waals surface area contributed by atoms with Crippen molar-refractivity contribution in [1.82, 2.24) is 25.1 Å². The fraction of sp³-hybridized carbons (Fsp3) is 0.393. The van der Waals surface area contributed by atoms with E-state index in [0.29, 0.717) is 43.8 Å². The number of rotatable bonds is 9. The number of piperazine rings is 1. The van der Waals surface area contributed by atoms with E-state index in [0.717, 1.165) is 50.7 Å². The number of nitrogens with one attached hydrogen (secondary N) is 1. The van der Waals surface area contributed by atoms with Crippen LogP contribution < -0.4 is 9.64 Å². The van der Waals surface area contributed by atoms with Gasteiger partial charge >= 0.3 is 6.01 Å². The third-order valence-electron chi connectivity index (χ3n) is 7.12. The number of H-pyrrole nitrogens is 1. The second-order valence-electron chi connectivity index (χ2n) is 9.54. The van der Waals surface area contributed by atoms with Crippen LogP contribution in [-0.2, 0) is 4.74 Å². The maximum atomic E-state index is 10.2. The molecule has 2 unspecified atom stereocenters. The lowest BCUT2D eigenvalue weighted by atomic mass is 9.96. The van der Waals surface area contributed by atoms with Crippen molar-refractivity contribution in [2.24, 2.45) is 0 Å². The first-order valence-corrected chi connectivity index (χ1v) is 13.2. The maximum absolute atomic E-state index is 10.2. The standard InChI is InChI=1S/C28H33ClN6O3/c1-5-18(16-37-4)38-28-31-24-14-19(26-17(3)7-8-23-21(26)15-30-33-23)22(29)13-20(24)27(32-28)35-11-9-34(10-12-35)25(36)6-2/h6-8,13-15,18,25,36H,2,5,9-12,16H2,1,3-4H3,(H,30,33). The predicted molar refractivity (Wildman–Crippen MR) is 151 cm³/mol. The van der Waals surface area contributed by atoms with Gasteiger partial charge in [0.25, 0.3) is 0 Å². The van der Waals surface area contributed by atoms with Gasteiger partial charge in [-0.25, -0.2) is 0 Å². The Morgan fingerprint density at radius 1 is 1.18 bits per heavy atom. The molecule has 5 rings (SSSR count). The molecule has 2 aromatic carbocycles. The molecular weight excluding hydrogens is 504 g/mol. The number of nitrogens with zero attached hydrogens (tertiary/aromatic N) is 5. The minimum Gasteiger partial charge on any atom is -0.458 e. The summed E-state index contributed by atoms with van der Waals surface area (Å²) < 4.78 is 11.5. The molecule has 9 nitrogen and oxygen atoms in total. The summed E-state index contributed by atoms with van der Waals surface area (Å²) in [6.07, 6.45) is 3.30. The van der Waals surface area contributed by atoms with Crippen LogP contribution in [-0.4, -0.2) is 82.4 Å². The van der Waals surface area contributed by atoms with Crippen molar-refractivity contribution in [2.75, 3.05) is 44.8 Å². The highest BCUT2D eigenvalue weighted by Gasteiger charge is 2.25. The zero-order chi connectivity index (χ0) is 26.8. The molecule has 1 aliphatic rings. The zero-order valence-electron chi connectivity index (χ0n) is 21.9. The van der Waals surface area contributed by atoms with E-state index in [1.54, 1.807) is 13.2 Å². The molecule has 1 saturated heterocycles. The third kappa shape index (κ3) is 5.07. The van der Waals surface area contributed by atoms with E-state index in [2.05, 4.69) is 34.7 Å². The zero-order valence-corrected chi connectivity index (χ0v) is 22.7. The van der Waals surface area contributed by atoms with Crippen LogP contribution >= 0.6 is 11.6 Å². The first kappa shape index (κ1) is 26.4. The van der Waals surface area contributed by atoms with Crippen LogP contribution in [0.4, 0.5) is 5.82 Å². The van der Waals surface area contributed by atoms with Crippen LogP contribution in [0, 0.1) is 6.92 Å². The Hall–Kier alpha value is -3.24. The molecule has 0 spiro atoms. The smallest absolute Gasteiger partial charge is 0.319 e. The lowest BCUT2D eigenvalue weighted by molar-refractivity contribution is 0.0379. The molecule has 1 aliphatic heterocycles. The second-order valence-corrected chi connectivity index (χ2v) is 9.95. The fourth-order valence-electron chi connectivity index (χ4n) is 5.00. The Bertz CT molecular complexity index is 1450. The highest BCUT2D eigenvalue weighted by atomic mass is 35.5. The molecule has 2 N–H and O–H groups in total. The van der Waals surface area contributed by atoms with E-state index in [-0.39, 0.29) is 6.10 Å². The van der Waals surface area contributed by atoms with E-state index in [1.165, 1.54) is 0 Å². The summed E-state index contributed by atoms with van der Waals surface area (Å²) in [5.74, 6) is 0.761. The average molecular weight is 537 g/mol. The average Bonchev–Trinajstić information content (AvgIpc) is 3.41. The Morgan fingerprint density at radius 2 is 1.97 bits per heavy atom. The molecule has 10 heteroatoms. The molecule has 0 amide bonds. The van der Waals surface area contributed by atoms with Gasteiger partial charge in [-0.15, -0.1) is 0 Å². The van der Waals surface area contributed by atoms with E-state index < -0.39 is 6.23 Å². The van der Waals surface area contributed by atoms with Crippen molar-refractivity contribution in [1.29, 1.82) is 0 Å². The Morgan fingerprint density at radius 3 is 2.68 bits per heavy atom. The Kier molecular flexibility index (Phi) is 7.80. The molecule has 0 saturated carbocycles. The monoisotopic (exact) mass is 536 g/mol. The van der Waals surface area contributed by atoms with Gasteiger partial charge in [0.2, 0.25) is 0 Å². The SMILES string of the molecule is C=CC(O)N1CCN(c2nc(OC(CC)COC)nc3cc(-c4c(C)ccc5[nH]ncc45)c(Cl)cc23)CC1. The van der Waals surface area contributed by atoms with E-state index >= 15 is 0 Å². The van der Waals surface area contributed by atoms with E-state index in [4.69, 9.17) is 31.0 Å². The molecule has 2 atom stereocenters. The van der Waals surface area contributed by atoms with Crippen LogP contribution in [0.15, 0.2) is 43.1 Å². The number of ether oxygens (including phenoxy) is 2. The number of aryl methyl sites for hydroxylation is 1. The predicted octanol–water partition coefficient (Wildman–Crippen LogP) is 4.57. The normalized spacial score (nSPS) is 16.2. The first-order valence-electron chi connectivity index (χ1n) is 12.8. The van der Waals surface area contributed by atoms with Crippen LogP contribution in [0.1, 0.15) is 18.9 Å². The molecule has 0 bridgehead atoms. The van der Waals surface area contributed by atoms with Gasteiger partial charge in [-0.3, -0.25) is 10.00 Å². The van der Waals surface area contributed by atoms with Crippen LogP contribution in [0.3, 0.4) is 0 Å². The topological polar surface area (TPSA) is 99.6 Å². The Labute approximate surface area is 227 Å². The summed E-state index contributed by atoms with van der Waals surface area (Å²) in [7, 11) is 1.66. The largest absolute Gasteiger partial charge is 0.458 e. The number of fused-ring (bicyclic) bond motifs is 2. The molecule has 0 radical (unpaired) electrons. The van der Waals surface area contributed by atoms with Gasteiger partial charge in [-0.2, -0.15) is 15.1 Å². The number of anilines is 1. The van der Waals surface area contributed by atoms with Crippen molar-refractivity contribution >= 4 is 39.2 Å². The summed E-state index contributed by atoms with van der Waals surface area (Å²) >= 11 is 6.95. The number of aliphatic hydroxyl groups is 1. The highest BCUT2D eigenvalue weighted by molar-refractivity contribution is 6.35. The van der Waals surface area contributed by atoms with E-state index in [9.17, 15) is 5.11 Å². The van der Waals surface area contributed by atoms with Crippen molar-refractivity contribution in [3.05, 3.63) is 53.7 Å². The Balaban J connectivity index is 1.62. The summed E-state index contributed by atoms with van der Waals surface area (Å²) in [5, 5.41) is 19.9. The van der Waals surface area contributed by atoms with Crippen LogP contribution in [0.25, 0.3) is 32.9 Å². The molecule has 0 aliphatic carbocycles. The molecule has 2 aromatic heterocycles. The molecule has 200 valence electrons. The van der Waals surface area contributed by atoms with Crippen molar-refractivity contribution in [3.8, 4) is 17.1 Å². The van der Waals surface area contributed by atoms with Crippen LogP contribution in [0.5, 0.6) is 6.01 Å². The number of aromatic amines is 1. The molecule has 3 heterocycles. The molecule has 1 fully saturated rings. The first-order chi connectivity index (χ1) is 18.4. The van der Waals surface area contributed by atoms with Gasteiger partial charge in [0.1, 0.15) is 18.1 Å². The number of aromatic nitrogens is 4. The molecule has 4 aromatic rings. The molecule has 38 heavy (non-hydrogen) atoms. The van der Waals surface area contributed by atoms with Gasteiger partial charge < -0.3 is 19.5 Å². The minimum atomic E-state index is -0.664. The fourth-order valence-corrected chi connectivity index (χ4v) is 5.26. The lowest BCUT2D eigenvalue weighted by Crippen LogP contribution is -2.50. The number of hydrogen-bond donors (Lipinski definition) is 2. The number of halogens is 1. The number of methoxy groups -OCH3 is 1. The van der Waals surface area contributed by atoms with Gasteiger partial charge in [0.15, 0.2) is 0 Å². The second kappa shape index (κ2) is 11.2. The van der Waals surface area contributed by atoms with Crippen LogP contribution in [0.2, 0.25) is 5.02 Å². The molecular formula is C28H33ClN6O3. The minimum absolute atomic E-state index is 0.168. The summed E-state index contributed by atoms with van der Waals surface area (Å²) in [6, 6.07) is 8.34. The van der Waals surface area contributed by atoms with Gasteiger partial charge in [0.05, 0.1) is 23.8 Å². The van der Waals surface area contributed by atoms with E-state index in [1.807, 2.05) is 36.2 Å². The maximum Gasteiger partial charge on any atom is 0.319 e. The van der Waals surface area contributed by atoms with Crippen molar-refractivity contribution < 1.29 is 14.6 Å². The van der Waals surface area contributed by atoms with Gasteiger partial charge in [0, 0.05) is 54.6 Å².